The van der Waals surface area contributed by atoms with Crippen LogP contribution < -0.4 is 5.32 Å². The first-order chi connectivity index (χ1) is 16.4. The summed E-state index contributed by atoms with van der Waals surface area (Å²) in [5.74, 6) is 1.80. The number of para-hydroxylation sites is 1. The standard InChI is InChI=1S/C29H28N4/c1-3-9-22(10-4-1)26-27-28(24-13-7-8-14-25(24)31-26)33(20-17-21-15-18-30-19-16-21)29(32-27)23-11-5-2-6-12-23/h1-14,21,30H,15-20H2. The van der Waals surface area contributed by atoms with Gasteiger partial charge in [-0.2, -0.15) is 0 Å². The number of nitrogens with one attached hydrogen (secondary N) is 1. The van der Waals surface area contributed by atoms with Crippen molar-refractivity contribution in [2.24, 2.45) is 5.92 Å². The van der Waals surface area contributed by atoms with E-state index >= 15 is 0 Å². The highest BCUT2D eigenvalue weighted by Gasteiger charge is 2.21. The van der Waals surface area contributed by atoms with Crippen molar-refractivity contribution in [1.29, 1.82) is 0 Å². The first-order valence-corrected chi connectivity index (χ1v) is 12.0. The Labute approximate surface area is 194 Å². The lowest BCUT2D eigenvalue weighted by Gasteiger charge is -2.23. The maximum absolute atomic E-state index is 5.26. The molecule has 0 saturated carbocycles. The van der Waals surface area contributed by atoms with Gasteiger partial charge in [-0.3, -0.25) is 0 Å². The molecule has 5 aromatic rings. The van der Waals surface area contributed by atoms with E-state index in [0.717, 1.165) is 59.2 Å². The van der Waals surface area contributed by atoms with E-state index in [1.54, 1.807) is 0 Å². The summed E-state index contributed by atoms with van der Waals surface area (Å²) in [7, 11) is 0. The molecule has 164 valence electrons. The normalized spacial score (nSPS) is 14.8. The van der Waals surface area contributed by atoms with Gasteiger partial charge in [-0.1, -0.05) is 78.9 Å². The van der Waals surface area contributed by atoms with Crippen LogP contribution in [0.25, 0.3) is 44.6 Å². The third-order valence-electron chi connectivity index (χ3n) is 6.88. The monoisotopic (exact) mass is 432 g/mol. The van der Waals surface area contributed by atoms with Crippen LogP contribution >= 0.6 is 0 Å². The summed E-state index contributed by atoms with van der Waals surface area (Å²) in [6, 6.07) is 29.5. The molecule has 0 unspecified atom stereocenters. The molecule has 0 amide bonds. The number of nitrogens with zero attached hydrogens (tertiary/aromatic N) is 3. The third-order valence-corrected chi connectivity index (χ3v) is 6.88. The highest BCUT2D eigenvalue weighted by atomic mass is 15.1. The van der Waals surface area contributed by atoms with Gasteiger partial charge in [0.1, 0.15) is 11.3 Å². The Bertz CT molecular complexity index is 1380. The predicted molar refractivity (Wildman–Crippen MR) is 136 cm³/mol. The maximum atomic E-state index is 5.26. The van der Waals surface area contributed by atoms with Crippen molar-refractivity contribution < 1.29 is 0 Å². The number of rotatable bonds is 5. The molecule has 1 fully saturated rings. The lowest BCUT2D eigenvalue weighted by Crippen LogP contribution is -2.28. The van der Waals surface area contributed by atoms with Crippen LogP contribution in [0.5, 0.6) is 0 Å². The molecule has 6 rings (SSSR count). The summed E-state index contributed by atoms with van der Waals surface area (Å²) >= 11 is 0. The summed E-state index contributed by atoms with van der Waals surface area (Å²) in [5.41, 5.74) is 6.43. The van der Waals surface area contributed by atoms with Crippen molar-refractivity contribution in [2.45, 2.75) is 25.8 Å². The van der Waals surface area contributed by atoms with Gasteiger partial charge in [0.05, 0.1) is 16.7 Å². The van der Waals surface area contributed by atoms with Gasteiger partial charge in [0.25, 0.3) is 0 Å². The van der Waals surface area contributed by atoms with Crippen molar-refractivity contribution in [3.8, 4) is 22.6 Å². The topological polar surface area (TPSA) is 42.7 Å². The molecule has 1 aliphatic rings. The van der Waals surface area contributed by atoms with E-state index in [-0.39, 0.29) is 0 Å². The lowest BCUT2D eigenvalue weighted by atomic mass is 9.94. The fourth-order valence-electron chi connectivity index (χ4n) is 5.14. The number of piperidine rings is 1. The van der Waals surface area contributed by atoms with Gasteiger partial charge in [-0.15, -0.1) is 0 Å². The molecule has 1 aliphatic heterocycles. The Morgan fingerprint density at radius 3 is 2.18 bits per heavy atom. The molecule has 0 atom stereocenters. The highest BCUT2D eigenvalue weighted by Crippen LogP contribution is 2.36. The van der Waals surface area contributed by atoms with Gasteiger partial charge in [0, 0.05) is 23.1 Å². The van der Waals surface area contributed by atoms with Crippen LogP contribution in [0.3, 0.4) is 0 Å². The zero-order chi connectivity index (χ0) is 22.0. The van der Waals surface area contributed by atoms with E-state index in [2.05, 4.69) is 94.8 Å². The minimum atomic E-state index is 0.758. The summed E-state index contributed by atoms with van der Waals surface area (Å²) in [4.78, 5) is 10.3. The van der Waals surface area contributed by atoms with Crippen molar-refractivity contribution in [1.82, 2.24) is 19.9 Å². The molecule has 3 heterocycles. The Morgan fingerprint density at radius 1 is 0.758 bits per heavy atom. The number of imidazole rings is 1. The summed E-state index contributed by atoms with van der Waals surface area (Å²) in [6.45, 7) is 3.23. The molecule has 4 heteroatoms. The predicted octanol–water partition coefficient (Wildman–Crippen LogP) is 6.31. The molecule has 4 nitrogen and oxygen atoms in total. The Balaban J connectivity index is 1.60. The zero-order valence-corrected chi connectivity index (χ0v) is 18.7. The molecule has 0 spiro atoms. The van der Waals surface area contributed by atoms with E-state index in [9.17, 15) is 0 Å². The lowest BCUT2D eigenvalue weighted by molar-refractivity contribution is 0.340. The smallest absolute Gasteiger partial charge is 0.141 e. The van der Waals surface area contributed by atoms with Gasteiger partial charge >= 0.3 is 0 Å². The molecular formula is C29H28N4. The van der Waals surface area contributed by atoms with Gasteiger partial charge in [0.2, 0.25) is 0 Å². The van der Waals surface area contributed by atoms with E-state index in [1.807, 2.05) is 0 Å². The number of aryl methyl sites for hydroxylation is 1. The van der Waals surface area contributed by atoms with Crippen LogP contribution in [0.15, 0.2) is 84.9 Å². The molecule has 0 aliphatic carbocycles. The second kappa shape index (κ2) is 8.80. The summed E-state index contributed by atoms with van der Waals surface area (Å²) in [6.07, 6.45) is 3.68. The van der Waals surface area contributed by atoms with Crippen molar-refractivity contribution in [3.05, 3.63) is 84.9 Å². The molecule has 0 bridgehead atoms. The van der Waals surface area contributed by atoms with Gasteiger partial charge in [-0.05, 0) is 44.3 Å². The molecule has 1 saturated heterocycles. The zero-order valence-electron chi connectivity index (χ0n) is 18.7. The third kappa shape index (κ3) is 3.81. The first kappa shape index (κ1) is 20.1. The quantitative estimate of drug-likeness (QED) is 0.354. The number of hydrogen-bond donors (Lipinski definition) is 1. The summed E-state index contributed by atoms with van der Waals surface area (Å²) < 4.78 is 2.46. The molecule has 1 N–H and O–H groups in total. The molecule has 3 aromatic carbocycles. The molecular weight excluding hydrogens is 404 g/mol. The fraction of sp³-hybridized carbons (Fsp3) is 0.241. The second-order valence-electron chi connectivity index (χ2n) is 8.98. The van der Waals surface area contributed by atoms with Gasteiger partial charge in [0.15, 0.2) is 0 Å². The van der Waals surface area contributed by atoms with Crippen LogP contribution in [-0.4, -0.2) is 27.6 Å². The van der Waals surface area contributed by atoms with E-state index in [4.69, 9.17) is 9.97 Å². The number of pyridine rings is 1. The van der Waals surface area contributed by atoms with Gasteiger partial charge in [-0.25, -0.2) is 9.97 Å². The minimum absolute atomic E-state index is 0.758. The summed E-state index contributed by atoms with van der Waals surface area (Å²) in [5, 5.41) is 4.67. The van der Waals surface area contributed by atoms with Gasteiger partial charge < -0.3 is 9.88 Å². The maximum Gasteiger partial charge on any atom is 0.141 e. The molecule has 2 aromatic heterocycles. The van der Waals surface area contributed by atoms with Crippen LogP contribution in [0.1, 0.15) is 19.3 Å². The Morgan fingerprint density at radius 2 is 1.42 bits per heavy atom. The molecule has 33 heavy (non-hydrogen) atoms. The number of fused-ring (bicyclic) bond motifs is 3. The van der Waals surface area contributed by atoms with Crippen LogP contribution in [0.2, 0.25) is 0 Å². The number of hydrogen-bond acceptors (Lipinski definition) is 3. The van der Waals surface area contributed by atoms with Crippen LogP contribution in [-0.2, 0) is 6.54 Å². The largest absolute Gasteiger partial charge is 0.323 e. The average Bonchev–Trinajstić information content (AvgIpc) is 3.28. The Kier molecular flexibility index (Phi) is 5.37. The Hall–Kier alpha value is -3.50. The molecule has 0 radical (unpaired) electrons. The van der Waals surface area contributed by atoms with Crippen molar-refractivity contribution >= 4 is 21.9 Å². The van der Waals surface area contributed by atoms with E-state index in [0.29, 0.717) is 0 Å². The number of aromatic nitrogens is 3. The van der Waals surface area contributed by atoms with Crippen LogP contribution in [0, 0.1) is 5.92 Å². The first-order valence-electron chi connectivity index (χ1n) is 12.0. The average molecular weight is 433 g/mol. The minimum Gasteiger partial charge on any atom is -0.323 e. The highest BCUT2D eigenvalue weighted by molar-refractivity contribution is 6.08. The second-order valence-corrected chi connectivity index (χ2v) is 8.98. The van der Waals surface area contributed by atoms with E-state index in [1.165, 1.54) is 30.2 Å². The van der Waals surface area contributed by atoms with E-state index < -0.39 is 0 Å². The SMILES string of the molecule is c1ccc(-c2nc3ccccc3c3c2nc(-c2ccccc2)n3CCC2CCNCC2)cc1. The van der Waals surface area contributed by atoms with Crippen LogP contribution in [0.4, 0.5) is 0 Å². The fourth-order valence-corrected chi connectivity index (χ4v) is 5.14. The van der Waals surface area contributed by atoms with Crippen molar-refractivity contribution in [2.75, 3.05) is 13.1 Å². The number of benzene rings is 3. The van der Waals surface area contributed by atoms with Crippen molar-refractivity contribution in [3.63, 3.8) is 0 Å².